The average molecular weight is 110 g/mol. The van der Waals surface area contributed by atoms with Crippen molar-refractivity contribution in [3.63, 3.8) is 0 Å². The third-order valence-corrected chi connectivity index (χ3v) is 0.426. The molecule has 7 heavy (non-hydrogen) atoms. The second kappa shape index (κ2) is 6.47. The number of nitrogens with one attached hydrogen (secondary N) is 1. The van der Waals surface area contributed by atoms with E-state index in [4.69, 9.17) is 0 Å². The molecule has 0 aromatic carbocycles. The van der Waals surface area contributed by atoms with E-state index < -0.39 is 0 Å². The normalized spacial score (nSPS) is 6.57. The molecule has 2 nitrogen and oxygen atoms in total. The van der Waals surface area contributed by atoms with Crippen LogP contribution in [0.25, 0.3) is 0 Å². The third-order valence-electron chi connectivity index (χ3n) is 0.426. The smallest absolute Gasteiger partial charge is 0.216 e. The summed E-state index contributed by atoms with van der Waals surface area (Å²) in [6.07, 6.45) is 0. The standard InChI is InChI=1S/C4H9NO.Na/c1-3-5-4(2)6;/h3H2,1-2H3,(H,5,6);. The summed E-state index contributed by atoms with van der Waals surface area (Å²) in [5.74, 6) is 0.0394. The predicted molar refractivity (Wildman–Crippen MR) is 30.1 cm³/mol. The first kappa shape index (κ1) is 10.5. The minimum atomic E-state index is 0. The van der Waals surface area contributed by atoms with Crippen LogP contribution in [0.1, 0.15) is 13.8 Å². The van der Waals surface area contributed by atoms with E-state index in [1.807, 2.05) is 6.92 Å². The summed E-state index contributed by atoms with van der Waals surface area (Å²) >= 11 is 0. The van der Waals surface area contributed by atoms with Gasteiger partial charge in [0.1, 0.15) is 0 Å². The molecule has 0 atom stereocenters. The van der Waals surface area contributed by atoms with Crippen LogP contribution in [0.15, 0.2) is 0 Å². The van der Waals surface area contributed by atoms with Crippen LogP contribution < -0.4 is 5.32 Å². The van der Waals surface area contributed by atoms with E-state index >= 15 is 0 Å². The quantitative estimate of drug-likeness (QED) is 0.464. The van der Waals surface area contributed by atoms with Gasteiger partial charge >= 0.3 is 0 Å². The van der Waals surface area contributed by atoms with Gasteiger partial charge in [-0.15, -0.1) is 0 Å². The van der Waals surface area contributed by atoms with Crippen molar-refractivity contribution in [1.82, 2.24) is 5.32 Å². The maximum absolute atomic E-state index is 9.93. The van der Waals surface area contributed by atoms with Gasteiger partial charge in [-0.1, -0.05) is 0 Å². The minimum Gasteiger partial charge on any atom is -0.357 e. The van der Waals surface area contributed by atoms with Crippen LogP contribution in [0.2, 0.25) is 0 Å². The Kier molecular flexibility index (Phi) is 9.66. The molecule has 0 spiro atoms. The van der Waals surface area contributed by atoms with Crippen molar-refractivity contribution in [2.24, 2.45) is 0 Å². The Labute approximate surface area is 66.0 Å². The average Bonchev–Trinajstić information content (AvgIpc) is 1.35. The van der Waals surface area contributed by atoms with Gasteiger partial charge in [0.2, 0.25) is 5.91 Å². The number of amides is 1. The van der Waals surface area contributed by atoms with Crippen molar-refractivity contribution in [3.8, 4) is 0 Å². The molecule has 0 fully saturated rings. The number of rotatable bonds is 1. The molecule has 3 heteroatoms. The monoisotopic (exact) mass is 110 g/mol. The Balaban J connectivity index is 0. The van der Waals surface area contributed by atoms with Crippen LogP contribution in [0.5, 0.6) is 0 Å². The zero-order valence-corrected chi connectivity index (χ0v) is 7.12. The summed E-state index contributed by atoms with van der Waals surface area (Å²) in [6, 6.07) is 0. The molecule has 1 N–H and O–H groups in total. The summed E-state index contributed by atoms with van der Waals surface area (Å²) < 4.78 is 0. The molecule has 0 heterocycles. The minimum absolute atomic E-state index is 0. The first-order valence-corrected chi connectivity index (χ1v) is 2.01. The molecule has 37 valence electrons. The Morgan fingerprint density at radius 3 is 2.14 bits per heavy atom. The van der Waals surface area contributed by atoms with E-state index in [-0.39, 0.29) is 35.5 Å². The topological polar surface area (TPSA) is 29.1 Å². The Hall–Kier alpha value is 0.470. The van der Waals surface area contributed by atoms with E-state index in [0.29, 0.717) is 0 Å². The molecule has 0 aromatic rings. The third kappa shape index (κ3) is 10.7. The van der Waals surface area contributed by atoms with Crippen molar-refractivity contribution < 1.29 is 4.79 Å². The summed E-state index contributed by atoms with van der Waals surface area (Å²) in [5.41, 5.74) is 0. The molecule has 0 unspecified atom stereocenters. The summed E-state index contributed by atoms with van der Waals surface area (Å²) in [4.78, 5) is 9.93. The maximum atomic E-state index is 9.93. The van der Waals surface area contributed by atoms with Crippen molar-refractivity contribution in [2.75, 3.05) is 6.54 Å². The van der Waals surface area contributed by atoms with Crippen LogP contribution in [-0.4, -0.2) is 42.0 Å². The number of carbonyl (C=O) groups is 1. The molecule has 0 saturated carbocycles. The molecule has 0 aliphatic heterocycles. The number of carbonyl (C=O) groups excluding carboxylic acids is 1. The largest absolute Gasteiger partial charge is 0.357 e. The molecule has 0 bridgehead atoms. The van der Waals surface area contributed by atoms with E-state index in [1.165, 1.54) is 6.92 Å². The van der Waals surface area contributed by atoms with Gasteiger partial charge in [0, 0.05) is 43.0 Å². The van der Waals surface area contributed by atoms with Gasteiger partial charge < -0.3 is 5.32 Å². The fourth-order valence-electron chi connectivity index (χ4n) is 0.249. The van der Waals surface area contributed by atoms with E-state index in [9.17, 15) is 4.79 Å². The van der Waals surface area contributed by atoms with Crippen molar-refractivity contribution in [1.29, 1.82) is 0 Å². The van der Waals surface area contributed by atoms with Crippen molar-refractivity contribution in [3.05, 3.63) is 0 Å². The van der Waals surface area contributed by atoms with Gasteiger partial charge in [0.15, 0.2) is 0 Å². The second-order valence-corrected chi connectivity index (χ2v) is 1.09. The van der Waals surface area contributed by atoms with Gasteiger partial charge in [-0.25, -0.2) is 0 Å². The number of hydrogen-bond acceptors (Lipinski definition) is 1. The van der Waals surface area contributed by atoms with Crippen LogP contribution in [0.3, 0.4) is 0 Å². The Bertz CT molecular complexity index is 55.7. The zero-order chi connectivity index (χ0) is 4.99. The zero-order valence-electron chi connectivity index (χ0n) is 5.12. The van der Waals surface area contributed by atoms with E-state index in [1.54, 1.807) is 0 Å². The fraction of sp³-hybridized carbons (Fsp3) is 0.750. The van der Waals surface area contributed by atoms with Gasteiger partial charge in [-0.3, -0.25) is 4.79 Å². The van der Waals surface area contributed by atoms with Crippen LogP contribution in [0.4, 0.5) is 0 Å². The maximum Gasteiger partial charge on any atom is 0.216 e. The van der Waals surface area contributed by atoms with Gasteiger partial charge in [-0.05, 0) is 6.92 Å². The van der Waals surface area contributed by atoms with Gasteiger partial charge in [0.25, 0.3) is 0 Å². The Morgan fingerprint density at radius 1 is 1.71 bits per heavy atom. The Morgan fingerprint density at radius 2 is 2.14 bits per heavy atom. The second-order valence-electron chi connectivity index (χ2n) is 1.09. The van der Waals surface area contributed by atoms with Crippen LogP contribution in [0, 0.1) is 0 Å². The molecule has 0 aliphatic carbocycles. The predicted octanol–water partition coefficient (Wildman–Crippen LogP) is -0.238. The molecular formula is C4H9NNaO. The molecular weight excluding hydrogens is 101 g/mol. The van der Waals surface area contributed by atoms with Crippen LogP contribution in [-0.2, 0) is 4.79 Å². The molecule has 0 saturated heterocycles. The molecule has 0 rings (SSSR count). The van der Waals surface area contributed by atoms with E-state index in [2.05, 4.69) is 5.32 Å². The first-order chi connectivity index (χ1) is 2.77. The molecule has 1 radical (unpaired) electrons. The van der Waals surface area contributed by atoms with Crippen molar-refractivity contribution >= 4 is 35.5 Å². The molecule has 1 amide bonds. The van der Waals surface area contributed by atoms with E-state index in [0.717, 1.165) is 6.54 Å². The van der Waals surface area contributed by atoms with Crippen LogP contribution >= 0.6 is 0 Å². The molecule has 0 aliphatic rings. The van der Waals surface area contributed by atoms with Gasteiger partial charge in [-0.2, -0.15) is 0 Å². The molecule has 0 aromatic heterocycles. The summed E-state index contributed by atoms with van der Waals surface area (Å²) in [7, 11) is 0. The summed E-state index contributed by atoms with van der Waals surface area (Å²) in [6.45, 7) is 4.13. The number of hydrogen-bond donors (Lipinski definition) is 1. The first-order valence-electron chi connectivity index (χ1n) is 2.01. The van der Waals surface area contributed by atoms with Gasteiger partial charge in [0.05, 0.1) is 0 Å². The SMILES string of the molecule is CCNC(C)=O.[Na]. The fourth-order valence-corrected chi connectivity index (χ4v) is 0.249. The summed E-state index contributed by atoms with van der Waals surface area (Å²) in [5, 5.41) is 2.57. The van der Waals surface area contributed by atoms with Crippen molar-refractivity contribution in [2.45, 2.75) is 13.8 Å².